The molecule has 0 aromatic carbocycles. The van der Waals surface area contributed by atoms with E-state index in [1.807, 2.05) is 23.6 Å². The third kappa shape index (κ3) is 3.65. The molecule has 2 aromatic heterocycles. The highest BCUT2D eigenvalue weighted by Gasteiger charge is 2.27. The minimum absolute atomic E-state index is 0.00429. The molecular weight excluding hydrogens is 356 g/mol. The second-order valence-corrected chi connectivity index (χ2v) is 7.63. The number of rotatable bonds is 4. The fraction of sp³-hybridized carbons (Fsp3) is 0.278. The molecule has 1 aliphatic rings. The number of ether oxygens (including phenoxy) is 1. The first kappa shape index (κ1) is 17.4. The Morgan fingerprint density at radius 3 is 2.84 bits per heavy atom. The van der Waals surface area contributed by atoms with Gasteiger partial charge in [-0.15, -0.1) is 22.7 Å². The summed E-state index contributed by atoms with van der Waals surface area (Å²) in [5, 5.41) is 14.4. The number of anilines is 1. The number of methoxy groups -OCH3 is 1. The lowest BCUT2D eigenvalue weighted by Gasteiger charge is -2.11. The summed E-state index contributed by atoms with van der Waals surface area (Å²) in [5.41, 5.74) is 1.41. The van der Waals surface area contributed by atoms with Crippen LogP contribution in [0.1, 0.15) is 38.5 Å². The molecule has 3 rings (SSSR count). The molecule has 25 heavy (non-hydrogen) atoms. The minimum atomic E-state index is -0.514. The quantitative estimate of drug-likeness (QED) is 0.499. The monoisotopic (exact) mass is 372 g/mol. The average molecular weight is 372 g/mol. The molecule has 1 amide bonds. The van der Waals surface area contributed by atoms with Crippen LogP contribution in [0.15, 0.2) is 23.1 Å². The topological polar surface area (TPSA) is 79.2 Å². The van der Waals surface area contributed by atoms with Gasteiger partial charge in [0.05, 0.1) is 12.7 Å². The number of hydrogen-bond donors (Lipinski definition) is 1. The van der Waals surface area contributed by atoms with Gasteiger partial charge in [-0.05, 0) is 48.8 Å². The fourth-order valence-electron chi connectivity index (χ4n) is 2.81. The number of thiophene rings is 2. The van der Waals surface area contributed by atoms with Crippen LogP contribution in [0.3, 0.4) is 0 Å². The van der Waals surface area contributed by atoms with E-state index in [1.165, 1.54) is 29.8 Å². The summed E-state index contributed by atoms with van der Waals surface area (Å²) in [5.74, 6) is -0.963. The van der Waals surface area contributed by atoms with E-state index in [4.69, 9.17) is 4.74 Å². The number of carbonyl (C=O) groups excluding carboxylic acids is 2. The summed E-state index contributed by atoms with van der Waals surface area (Å²) < 4.78 is 4.89. The van der Waals surface area contributed by atoms with Gasteiger partial charge < -0.3 is 10.1 Å². The summed E-state index contributed by atoms with van der Waals surface area (Å²) in [6, 6.07) is 5.61. The summed E-state index contributed by atoms with van der Waals surface area (Å²) >= 11 is 2.85. The van der Waals surface area contributed by atoms with E-state index in [9.17, 15) is 14.9 Å². The first-order chi connectivity index (χ1) is 12.1. The number of nitrogens with one attached hydrogen (secondary N) is 1. The van der Waals surface area contributed by atoms with Gasteiger partial charge in [-0.1, -0.05) is 6.07 Å². The fourth-order valence-corrected chi connectivity index (χ4v) is 4.74. The van der Waals surface area contributed by atoms with E-state index in [2.05, 4.69) is 5.32 Å². The zero-order valence-corrected chi connectivity index (χ0v) is 15.3. The van der Waals surface area contributed by atoms with Crippen molar-refractivity contribution in [2.45, 2.75) is 25.7 Å². The summed E-state index contributed by atoms with van der Waals surface area (Å²) in [6.45, 7) is 0. The number of fused-ring (bicyclic) bond motifs is 1. The lowest BCUT2D eigenvalue weighted by molar-refractivity contribution is -0.112. The zero-order valence-electron chi connectivity index (χ0n) is 13.6. The van der Waals surface area contributed by atoms with E-state index in [0.717, 1.165) is 41.0 Å². The van der Waals surface area contributed by atoms with Gasteiger partial charge >= 0.3 is 5.97 Å². The van der Waals surface area contributed by atoms with Crippen LogP contribution in [0.5, 0.6) is 0 Å². The molecular formula is C18H16N2O3S2. The minimum Gasteiger partial charge on any atom is -0.465 e. The molecule has 5 nitrogen and oxygen atoms in total. The Morgan fingerprint density at radius 2 is 2.16 bits per heavy atom. The molecule has 0 fully saturated rings. The maximum absolute atomic E-state index is 12.5. The van der Waals surface area contributed by atoms with E-state index in [-0.39, 0.29) is 5.57 Å². The molecule has 0 radical (unpaired) electrons. The highest BCUT2D eigenvalue weighted by atomic mass is 32.1. The maximum Gasteiger partial charge on any atom is 0.341 e. The van der Waals surface area contributed by atoms with Crippen LogP contribution in [-0.4, -0.2) is 19.0 Å². The van der Waals surface area contributed by atoms with Crippen LogP contribution in [0.4, 0.5) is 5.00 Å². The van der Waals surface area contributed by atoms with Crippen molar-refractivity contribution in [1.82, 2.24) is 0 Å². The van der Waals surface area contributed by atoms with Gasteiger partial charge in [0.1, 0.15) is 16.6 Å². The van der Waals surface area contributed by atoms with Crippen molar-refractivity contribution in [3.8, 4) is 6.07 Å². The van der Waals surface area contributed by atoms with Crippen LogP contribution in [0.25, 0.3) is 6.08 Å². The number of aryl methyl sites for hydroxylation is 1. The van der Waals surface area contributed by atoms with Gasteiger partial charge in [0.25, 0.3) is 5.91 Å². The average Bonchev–Trinajstić information content (AvgIpc) is 3.25. The number of carbonyl (C=O) groups is 2. The van der Waals surface area contributed by atoms with E-state index < -0.39 is 11.9 Å². The van der Waals surface area contributed by atoms with E-state index >= 15 is 0 Å². The first-order valence-corrected chi connectivity index (χ1v) is 9.53. The smallest absolute Gasteiger partial charge is 0.341 e. The summed E-state index contributed by atoms with van der Waals surface area (Å²) in [6.07, 6.45) is 5.34. The van der Waals surface area contributed by atoms with Crippen LogP contribution < -0.4 is 5.32 Å². The Morgan fingerprint density at radius 1 is 1.36 bits per heavy atom. The highest BCUT2D eigenvalue weighted by molar-refractivity contribution is 7.17. The number of esters is 1. The Balaban J connectivity index is 1.92. The van der Waals surface area contributed by atoms with E-state index in [0.29, 0.717) is 10.6 Å². The lowest BCUT2D eigenvalue weighted by Crippen LogP contribution is -2.16. The molecule has 7 heteroatoms. The second-order valence-electron chi connectivity index (χ2n) is 5.55. The van der Waals surface area contributed by atoms with Crippen LogP contribution in [-0.2, 0) is 22.4 Å². The normalized spacial score (nSPS) is 13.7. The molecule has 2 aromatic rings. The van der Waals surface area contributed by atoms with Crippen LogP contribution in [0.2, 0.25) is 0 Å². The molecule has 0 saturated carbocycles. The lowest BCUT2D eigenvalue weighted by atomic mass is 9.95. The van der Waals surface area contributed by atoms with Crippen molar-refractivity contribution in [3.05, 3.63) is 44.0 Å². The number of nitrogens with zero attached hydrogens (tertiary/aromatic N) is 1. The predicted molar refractivity (Wildman–Crippen MR) is 98.8 cm³/mol. The Kier molecular flexibility index (Phi) is 5.31. The van der Waals surface area contributed by atoms with Gasteiger partial charge in [0.2, 0.25) is 0 Å². The van der Waals surface area contributed by atoms with Crippen molar-refractivity contribution < 1.29 is 14.3 Å². The zero-order chi connectivity index (χ0) is 17.8. The standard InChI is InChI=1S/C18H16N2O3S2/c1-23-18(22)15-13-6-2-3-7-14(13)25-17(15)20-16(21)11(10-19)9-12-5-4-8-24-12/h4-5,8-9H,2-3,6-7H2,1H3,(H,20,21)/b11-9-. The molecule has 1 N–H and O–H groups in total. The number of nitriles is 1. The highest BCUT2D eigenvalue weighted by Crippen LogP contribution is 2.38. The van der Waals surface area contributed by atoms with E-state index in [1.54, 1.807) is 6.08 Å². The Labute approximate surface area is 153 Å². The molecule has 1 aliphatic carbocycles. The molecule has 0 bridgehead atoms. The molecule has 0 atom stereocenters. The largest absolute Gasteiger partial charge is 0.465 e. The maximum atomic E-state index is 12.5. The van der Waals surface area contributed by atoms with Gasteiger partial charge in [-0.25, -0.2) is 4.79 Å². The second kappa shape index (κ2) is 7.64. The molecule has 0 unspecified atom stereocenters. The molecule has 2 heterocycles. The first-order valence-electron chi connectivity index (χ1n) is 7.83. The SMILES string of the molecule is COC(=O)c1c(NC(=O)/C(C#N)=C\c2cccs2)sc2c1CCCC2. The van der Waals surface area contributed by atoms with Crippen molar-refractivity contribution >= 4 is 45.6 Å². The summed E-state index contributed by atoms with van der Waals surface area (Å²) in [7, 11) is 1.33. The number of hydrogen-bond acceptors (Lipinski definition) is 6. The van der Waals surface area contributed by atoms with Crippen molar-refractivity contribution in [1.29, 1.82) is 5.26 Å². The predicted octanol–water partition coefficient (Wildman–Crippen LogP) is 4.02. The van der Waals surface area contributed by atoms with Crippen LogP contribution >= 0.6 is 22.7 Å². The Hall–Kier alpha value is -2.43. The summed E-state index contributed by atoms with van der Waals surface area (Å²) in [4.78, 5) is 26.6. The van der Waals surface area contributed by atoms with Crippen LogP contribution in [0, 0.1) is 11.3 Å². The molecule has 0 aliphatic heterocycles. The van der Waals surface area contributed by atoms with Gasteiger partial charge in [0.15, 0.2) is 0 Å². The van der Waals surface area contributed by atoms with Gasteiger partial charge in [-0.2, -0.15) is 5.26 Å². The van der Waals surface area contributed by atoms with Crippen molar-refractivity contribution in [2.24, 2.45) is 0 Å². The third-order valence-corrected chi connectivity index (χ3v) is 6.01. The third-order valence-electron chi connectivity index (χ3n) is 3.98. The molecule has 0 saturated heterocycles. The number of amides is 1. The van der Waals surface area contributed by atoms with Crippen molar-refractivity contribution in [3.63, 3.8) is 0 Å². The molecule has 128 valence electrons. The van der Waals surface area contributed by atoms with Crippen molar-refractivity contribution in [2.75, 3.05) is 12.4 Å². The molecule has 0 spiro atoms. The van der Waals surface area contributed by atoms with Gasteiger partial charge in [-0.3, -0.25) is 4.79 Å². The Bertz CT molecular complexity index is 873. The van der Waals surface area contributed by atoms with Gasteiger partial charge in [0, 0.05) is 9.75 Å².